The summed E-state index contributed by atoms with van der Waals surface area (Å²) in [6.07, 6.45) is 0.195. The highest BCUT2D eigenvalue weighted by atomic mass is 127. The molecule has 1 aromatic rings. The van der Waals surface area contributed by atoms with Crippen molar-refractivity contribution in [3.63, 3.8) is 0 Å². The Balaban J connectivity index is 0.00000841. The van der Waals surface area contributed by atoms with Gasteiger partial charge in [0, 0.05) is 20.1 Å². The van der Waals surface area contributed by atoms with Crippen LogP contribution < -0.4 is 21.1 Å². The minimum atomic E-state index is -3.68. The normalized spacial score (nSPS) is 12.6. The molecule has 0 aliphatic heterocycles. The number of hydrogen-bond acceptors (Lipinski definition) is 5. The van der Waals surface area contributed by atoms with E-state index in [1.165, 1.54) is 12.1 Å². The zero-order valence-electron chi connectivity index (χ0n) is 18.4. The summed E-state index contributed by atoms with van der Waals surface area (Å²) in [4.78, 5) is 16.2. The average molecular weight is 555 g/mol. The molecule has 5 N–H and O–H groups in total. The number of nitrogens with zero attached hydrogens (tertiary/aromatic N) is 1. The Morgan fingerprint density at radius 2 is 1.67 bits per heavy atom. The van der Waals surface area contributed by atoms with Gasteiger partial charge in [-0.1, -0.05) is 12.1 Å². The number of halogens is 1. The van der Waals surface area contributed by atoms with E-state index in [-0.39, 0.29) is 28.9 Å². The molecule has 0 aromatic heterocycles. The molecule has 0 unspecified atom stereocenters. The maximum Gasteiger partial charge on any atom is 0.408 e. The van der Waals surface area contributed by atoms with Gasteiger partial charge in [0.15, 0.2) is 5.96 Å². The third kappa shape index (κ3) is 11.6. The Hall–Kier alpha value is -1.60. The summed E-state index contributed by atoms with van der Waals surface area (Å²) in [7, 11) is -2.02. The molecular weight excluding hydrogens is 521 g/mol. The van der Waals surface area contributed by atoms with E-state index in [0.717, 1.165) is 5.56 Å². The van der Waals surface area contributed by atoms with Crippen molar-refractivity contribution in [3.05, 3.63) is 29.8 Å². The summed E-state index contributed by atoms with van der Waals surface area (Å²) >= 11 is 0. The lowest BCUT2D eigenvalue weighted by molar-refractivity contribution is 0.0474. The maximum atomic E-state index is 12.0. The molecule has 0 heterocycles. The number of sulfonamides is 1. The minimum absolute atomic E-state index is 0. The van der Waals surface area contributed by atoms with E-state index >= 15 is 0 Å². The Kier molecular flexibility index (Phi) is 11.1. The quantitative estimate of drug-likeness (QED) is 0.231. The van der Waals surface area contributed by atoms with Gasteiger partial charge in [-0.15, -0.1) is 24.0 Å². The first-order valence-corrected chi connectivity index (χ1v) is 10.8. The Bertz CT molecular complexity index is 818. The van der Waals surface area contributed by atoms with Crippen LogP contribution in [0.5, 0.6) is 0 Å². The first-order valence-electron chi connectivity index (χ1n) is 9.29. The lowest BCUT2D eigenvalue weighted by atomic mass is 10.1. The van der Waals surface area contributed by atoms with Gasteiger partial charge >= 0.3 is 6.09 Å². The number of carbonyl (C=O) groups excluding carboxylic acids is 1. The van der Waals surface area contributed by atoms with Crippen LogP contribution in [0.4, 0.5) is 4.79 Å². The molecule has 1 aromatic carbocycles. The number of primary sulfonamides is 1. The van der Waals surface area contributed by atoms with Crippen molar-refractivity contribution >= 4 is 46.1 Å². The van der Waals surface area contributed by atoms with Crippen molar-refractivity contribution in [1.82, 2.24) is 16.0 Å². The number of amides is 1. The number of guanidine groups is 1. The summed E-state index contributed by atoms with van der Waals surface area (Å²) in [5, 5.41) is 14.3. The fraction of sp³-hybridized carbons (Fsp3) is 0.579. The van der Waals surface area contributed by atoms with E-state index in [1.54, 1.807) is 19.2 Å². The van der Waals surface area contributed by atoms with Crippen LogP contribution in [0.1, 0.15) is 40.2 Å². The molecule has 1 amide bonds. The highest BCUT2D eigenvalue weighted by Gasteiger charge is 2.24. The van der Waals surface area contributed by atoms with Crippen LogP contribution in [0.15, 0.2) is 34.2 Å². The zero-order valence-corrected chi connectivity index (χ0v) is 21.6. The number of nitrogens with one attached hydrogen (secondary N) is 3. The van der Waals surface area contributed by atoms with Gasteiger partial charge < -0.3 is 20.7 Å². The molecule has 30 heavy (non-hydrogen) atoms. The van der Waals surface area contributed by atoms with Gasteiger partial charge in [0.1, 0.15) is 5.60 Å². The van der Waals surface area contributed by atoms with Crippen molar-refractivity contribution in [2.75, 3.05) is 20.1 Å². The number of alkyl carbamates (subject to hydrolysis) is 1. The maximum absolute atomic E-state index is 12.0. The second-order valence-corrected chi connectivity index (χ2v) is 9.86. The Labute approximate surface area is 196 Å². The number of nitrogens with two attached hydrogens (primary N) is 1. The second kappa shape index (κ2) is 11.7. The molecule has 0 saturated carbocycles. The van der Waals surface area contributed by atoms with Gasteiger partial charge in [-0.05, 0) is 58.7 Å². The lowest BCUT2D eigenvalue weighted by Gasteiger charge is -2.29. The standard InChI is InChI=1S/C19H33N5O4S.HI/c1-18(2,3)28-17(25)24-19(4,5)13-23-16(21-6)22-12-11-14-7-9-15(10-8-14)29(20,26)27;/h7-10H,11-13H2,1-6H3,(H,24,25)(H2,20,26,27)(H2,21,22,23);1H. The summed E-state index contributed by atoms with van der Waals surface area (Å²) in [5.41, 5.74) is -0.145. The third-order valence-corrected chi connectivity index (χ3v) is 4.65. The van der Waals surface area contributed by atoms with E-state index in [2.05, 4.69) is 20.9 Å². The predicted octanol–water partition coefficient (Wildman–Crippen LogP) is 1.96. The molecule has 0 atom stereocenters. The van der Waals surface area contributed by atoms with E-state index in [9.17, 15) is 13.2 Å². The topological polar surface area (TPSA) is 135 Å². The summed E-state index contributed by atoms with van der Waals surface area (Å²) < 4.78 is 27.8. The number of carbonyl (C=O) groups is 1. The molecule has 0 aliphatic carbocycles. The van der Waals surface area contributed by atoms with Crippen LogP contribution in [0.25, 0.3) is 0 Å². The van der Waals surface area contributed by atoms with Crippen LogP contribution in [0, 0.1) is 0 Å². The highest BCUT2D eigenvalue weighted by Crippen LogP contribution is 2.10. The fourth-order valence-electron chi connectivity index (χ4n) is 2.32. The smallest absolute Gasteiger partial charge is 0.408 e. The van der Waals surface area contributed by atoms with Crippen LogP contribution in [0.2, 0.25) is 0 Å². The highest BCUT2D eigenvalue weighted by molar-refractivity contribution is 14.0. The number of aliphatic imine (C=N–C) groups is 1. The largest absolute Gasteiger partial charge is 0.444 e. The molecule has 0 bridgehead atoms. The SMILES string of the molecule is CN=C(NCCc1ccc(S(N)(=O)=O)cc1)NCC(C)(C)NC(=O)OC(C)(C)C.I. The van der Waals surface area contributed by atoms with Gasteiger partial charge in [-0.3, -0.25) is 4.99 Å². The lowest BCUT2D eigenvalue weighted by Crippen LogP contribution is -2.54. The molecule has 172 valence electrons. The van der Waals surface area contributed by atoms with Crippen molar-refractivity contribution in [2.24, 2.45) is 10.1 Å². The summed E-state index contributed by atoms with van der Waals surface area (Å²) in [6, 6.07) is 6.43. The van der Waals surface area contributed by atoms with Gasteiger partial charge in [-0.2, -0.15) is 0 Å². The van der Waals surface area contributed by atoms with E-state index in [1.807, 2.05) is 34.6 Å². The predicted molar refractivity (Wildman–Crippen MR) is 130 cm³/mol. The number of rotatable bonds is 7. The molecule has 0 radical (unpaired) electrons. The summed E-state index contributed by atoms with van der Waals surface area (Å²) in [6.45, 7) is 10.2. The summed E-state index contributed by atoms with van der Waals surface area (Å²) in [5.74, 6) is 0.588. The number of hydrogen-bond donors (Lipinski definition) is 4. The number of benzene rings is 1. The molecule has 11 heteroatoms. The minimum Gasteiger partial charge on any atom is -0.444 e. The molecular formula is C19H34IN5O4S. The molecule has 0 spiro atoms. The molecule has 0 fully saturated rings. The fourth-order valence-corrected chi connectivity index (χ4v) is 2.84. The molecule has 0 aliphatic rings. The van der Waals surface area contributed by atoms with Gasteiger partial charge in [0.2, 0.25) is 10.0 Å². The van der Waals surface area contributed by atoms with Crippen molar-refractivity contribution in [2.45, 2.75) is 57.1 Å². The van der Waals surface area contributed by atoms with Crippen LogP contribution >= 0.6 is 24.0 Å². The third-order valence-electron chi connectivity index (χ3n) is 3.72. The van der Waals surface area contributed by atoms with Gasteiger partial charge in [0.05, 0.1) is 10.4 Å². The Morgan fingerprint density at radius 1 is 1.10 bits per heavy atom. The molecule has 1 rings (SSSR count). The monoisotopic (exact) mass is 555 g/mol. The first-order chi connectivity index (χ1) is 13.2. The molecule has 0 saturated heterocycles. The van der Waals surface area contributed by atoms with Gasteiger partial charge in [-0.25, -0.2) is 18.4 Å². The Morgan fingerprint density at radius 3 is 2.13 bits per heavy atom. The first kappa shape index (κ1) is 28.4. The number of ether oxygens (including phenoxy) is 1. The molecule has 9 nitrogen and oxygen atoms in total. The van der Waals surface area contributed by atoms with E-state index in [4.69, 9.17) is 9.88 Å². The van der Waals surface area contributed by atoms with Crippen molar-refractivity contribution in [1.29, 1.82) is 0 Å². The zero-order chi connectivity index (χ0) is 22.3. The van der Waals surface area contributed by atoms with Crippen LogP contribution in [-0.4, -0.2) is 51.7 Å². The van der Waals surface area contributed by atoms with Crippen LogP contribution in [0.3, 0.4) is 0 Å². The van der Waals surface area contributed by atoms with Crippen molar-refractivity contribution < 1.29 is 17.9 Å². The van der Waals surface area contributed by atoms with Crippen molar-refractivity contribution in [3.8, 4) is 0 Å². The average Bonchev–Trinajstić information content (AvgIpc) is 2.55. The second-order valence-electron chi connectivity index (χ2n) is 8.30. The van der Waals surface area contributed by atoms with Crippen LogP contribution in [-0.2, 0) is 21.2 Å². The van der Waals surface area contributed by atoms with E-state index in [0.29, 0.717) is 25.5 Å². The van der Waals surface area contributed by atoms with E-state index < -0.39 is 27.3 Å². The van der Waals surface area contributed by atoms with Gasteiger partial charge in [0.25, 0.3) is 0 Å².